The number of halogens is 2. The minimum absolute atomic E-state index is 0.107. The Morgan fingerprint density at radius 2 is 1.59 bits per heavy atom. The molecule has 4 aliphatic rings. The van der Waals surface area contributed by atoms with E-state index in [0.29, 0.717) is 60.1 Å². The van der Waals surface area contributed by atoms with Crippen molar-refractivity contribution in [3.05, 3.63) is 148 Å². The van der Waals surface area contributed by atoms with Crippen LogP contribution in [-0.4, -0.2) is 40.8 Å². The lowest BCUT2D eigenvalue weighted by atomic mass is 9.49. The number of para-hydroxylation sites is 2. The number of imide groups is 2. The second-order valence-electron chi connectivity index (χ2n) is 15.2. The molecule has 4 amide bonds. The molecule has 3 fully saturated rings. The molecule has 10 nitrogen and oxygen atoms in total. The van der Waals surface area contributed by atoms with E-state index < -0.39 is 46.8 Å². The summed E-state index contributed by atoms with van der Waals surface area (Å²) >= 11 is 10.0. The molecule has 1 saturated carbocycles. The molecule has 6 aromatic rings. The van der Waals surface area contributed by atoms with E-state index >= 15 is 9.59 Å². The largest absolute Gasteiger partial charge is 0.504 e. The first-order valence-corrected chi connectivity index (χ1v) is 20.1. The number of phenols is 1. The minimum atomic E-state index is -1.56. The second-order valence-corrected chi connectivity index (χ2v) is 16.5. The van der Waals surface area contributed by atoms with Gasteiger partial charge in [-0.15, -0.1) is 0 Å². The van der Waals surface area contributed by atoms with Crippen molar-refractivity contribution in [2.24, 2.45) is 23.7 Å². The summed E-state index contributed by atoms with van der Waals surface area (Å²) in [5.74, 6) is -5.36. The van der Waals surface area contributed by atoms with Crippen molar-refractivity contribution < 1.29 is 33.4 Å². The topological polar surface area (TPSA) is 130 Å². The van der Waals surface area contributed by atoms with E-state index in [0.717, 1.165) is 0 Å². The number of ether oxygens (including phenoxy) is 1. The minimum Gasteiger partial charge on any atom is -0.504 e. The fourth-order valence-electron chi connectivity index (χ4n) is 10.1. The molecule has 0 radical (unpaired) electrons. The van der Waals surface area contributed by atoms with Crippen LogP contribution < -0.4 is 14.5 Å². The Balaban J connectivity index is 1.11. The molecule has 0 spiro atoms. The maximum Gasteiger partial charge on any atom is 0.246 e. The highest BCUT2D eigenvalue weighted by Gasteiger charge is 2.70. The highest BCUT2D eigenvalue weighted by Crippen LogP contribution is 2.66. The van der Waals surface area contributed by atoms with E-state index in [2.05, 4.69) is 20.9 Å². The van der Waals surface area contributed by atoms with Crippen LogP contribution in [0.5, 0.6) is 11.5 Å². The molecule has 12 heteroatoms. The van der Waals surface area contributed by atoms with Crippen molar-refractivity contribution in [1.82, 2.24) is 4.98 Å². The van der Waals surface area contributed by atoms with E-state index in [9.17, 15) is 14.7 Å². The van der Waals surface area contributed by atoms with Crippen LogP contribution in [0.2, 0.25) is 5.02 Å². The Morgan fingerprint density at radius 1 is 0.828 bits per heavy atom. The highest BCUT2D eigenvalue weighted by molar-refractivity contribution is 9.10. The number of nitrogens with zero attached hydrogens (tertiary/aromatic N) is 3. The van der Waals surface area contributed by atoms with Gasteiger partial charge in [-0.05, 0) is 91.1 Å². The predicted molar refractivity (Wildman–Crippen MR) is 220 cm³/mol. The smallest absolute Gasteiger partial charge is 0.246 e. The van der Waals surface area contributed by atoms with Gasteiger partial charge in [0.25, 0.3) is 0 Å². The summed E-state index contributed by atoms with van der Waals surface area (Å²) in [6, 6.07) is 33.5. The van der Waals surface area contributed by atoms with Gasteiger partial charge in [0.2, 0.25) is 29.5 Å². The quantitative estimate of drug-likeness (QED) is 0.130. The molecular weight excluding hydrogens is 822 g/mol. The zero-order valence-corrected chi connectivity index (χ0v) is 33.2. The van der Waals surface area contributed by atoms with Gasteiger partial charge in [-0.1, -0.05) is 87.7 Å². The predicted octanol–water partition coefficient (Wildman–Crippen LogP) is 8.99. The van der Waals surface area contributed by atoms with Crippen LogP contribution in [-0.2, 0) is 24.6 Å². The number of carbonyl (C=O) groups is 4. The van der Waals surface area contributed by atoms with Gasteiger partial charge in [0.15, 0.2) is 17.1 Å². The van der Waals surface area contributed by atoms with Crippen molar-refractivity contribution in [1.29, 1.82) is 0 Å². The fraction of sp³-hybridized carbons (Fsp3) is 0.196. The maximum atomic E-state index is 15.5. The number of methoxy groups -OCH3 is 1. The summed E-state index contributed by atoms with van der Waals surface area (Å²) in [6.07, 6.45) is 2.28. The Morgan fingerprint density at radius 3 is 2.33 bits per heavy atom. The van der Waals surface area contributed by atoms with Gasteiger partial charge in [0.1, 0.15) is 5.52 Å². The zero-order chi connectivity index (χ0) is 40.0. The molecule has 288 valence electrons. The zero-order valence-electron chi connectivity index (χ0n) is 30.8. The molecule has 10 rings (SSSR count). The number of benzene rings is 5. The normalized spacial score (nSPS) is 25.2. The first-order valence-electron chi connectivity index (χ1n) is 18.9. The Labute approximate surface area is 345 Å². The molecule has 6 atom stereocenters. The van der Waals surface area contributed by atoms with E-state index in [1.165, 1.54) is 16.9 Å². The van der Waals surface area contributed by atoms with Crippen LogP contribution in [0.1, 0.15) is 29.9 Å². The first-order chi connectivity index (χ1) is 28.1. The molecule has 0 bridgehead atoms. The van der Waals surface area contributed by atoms with Crippen molar-refractivity contribution in [2.45, 2.75) is 24.2 Å². The number of fused-ring (bicyclic) bond motifs is 5. The summed E-state index contributed by atoms with van der Waals surface area (Å²) in [4.78, 5) is 66.8. The van der Waals surface area contributed by atoms with Gasteiger partial charge in [-0.25, -0.2) is 9.88 Å². The summed E-state index contributed by atoms with van der Waals surface area (Å²) in [5, 5.41) is 12.3. The van der Waals surface area contributed by atoms with Gasteiger partial charge in [0, 0.05) is 26.5 Å². The molecule has 58 heavy (non-hydrogen) atoms. The molecule has 1 aromatic heterocycles. The number of aromatic hydroxyl groups is 1. The first kappa shape index (κ1) is 36.3. The average Bonchev–Trinajstić information content (AvgIpc) is 3.86. The van der Waals surface area contributed by atoms with Gasteiger partial charge < -0.3 is 14.3 Å². The van der Waals surface area contributed by atoms with Gasteiger partial charge in [-0.3, -0.25) is 24.1 Å². The number of hydrogen-bond donors (Lipinski definition) is 1. The van der Waals surface area contributed by atoms with Crippen LogP contribution in [0.4, 0.5) is 11.4 Å². The number of phenolic OH excluding ortho intramolecular Hbond substituents is 1. The van der Waals surface area contributed by atoms with E-state index in [-0.39, 0.29) is 36.2 Å². The lowest BCUT2D eigenvalue weighted by Crippen LogP contribution is -2.53. The third-order valence-corrected chi connectivity index (χ3v) is 13.1. The number of hydrogen-bond acceptors (Lipinski definition) is 8. The number of rotatable bonds is 6. The summed E-state index contributed by atoms with van der Waals surface area (Å²) in [5.41, 5.74) is 2.86. The van der Waals surface area contributed by atoms with Crippen LogP contribution in [0, 0.1) is 23.7 Å². The van der Waals surface area contributed by atoms with Crippen LogP contribution in [0.15, 0.2) is 136 Å². The van der Waals surface area contributed by atoms with E-state index in [1.54, 1.807) is 60.7 Å². The van der Waals surface area contributed by atoms with Crippen molar-refractivity contribution >= 4 is 73.6 Å². The summed E-state index contributed by atoms with van der Waals surface area (Å²) < 4.78 is 12.2. The second kappa shape index (κ2) is 13.5. The highest BCUT2D eigenvalue weighted by atomic mass is 79.9. The van der Waals surface area contributed by atoms with Gasteiger partial charge in [-0.2, -0.15) is 0 Å². The monoisotopic (exact) mass is 853 g/mol. The number of amides is 4. The maximum absolute atomic E-state index is 15.5. The van der Waals surface area contributed by atoms with Gasteiger partial charge in [0.05, 0.1) is 41.7 Å². The molecule has 1 N–H and O–H groups in total. The van der Waals surface area contributed by atoms with Crippen LogP contribution in [0.25, 0.3) is 22.6 Å². The molecule has 2 aliphatic carbocycles. The molecule has 3 heterocycles. The van der Waals surface area contributed by atoms with E-state index in [1.807, 2.05) is 60.7 Å². The third kappa shape index (κ3) is 5.19. The molecular formula is C46H33BrClN3O7. The van der Waals surface area contributed by atoms with Crippen molar-refractivity contribution in [3.8, 4) is 23.0 Å². The number of allylic oxidation sites excluding steroid dienone is 2. The lowest BCUT2D eigenvalue weighted by Gasteiger charge is -2.50. The Kier molecular flexibility index (Phi) is 8.47. The lowest BCUT2D eigenvalue weighted by molar-refractivity contribution is -0.127. The Hall–Kier alpha value is -6.04. The summed E-state index contributed by atoms with van der Waals surface area (Å²) in [6.45, 7) is 0. The molecule has 5 aromatic carbocycles. The average molecular weight is 855 g/mol. The fourth-order valence-corrected chi connectivity index (χ4v) is 10.7. The number of oxazole rings is 1. The van der Waals surface area contributed by atoms with Gasteiger partial charge >= 0.3 is 0 Å². The SMILES string of the molecule is COc1cc(Br)cc(C2C3=CCC4C(=O)N(c5ccc(-c6nc7ccccc7o6)cc5)C(=O)C4C3CC3C(=O)N(c4cccc(Cl)c4)C(=O)C32c2ccccc2)c1O. The van der Waals surface area contributed by atoms with Crippen molar-refractivity contribution in [3.63, 3.8) is 0 Å². The number of carbonyl (C=O) groups excluding carboxylic acids is 4. The molecule has 2 aliphatic heterocycles. The number of anilines is 2. The standard InChI is InChI=1S/C46H33BrClN3O7/c1-57-37-21-26(47)20-33(40(37)52)39-30-18-19-31-38(44(55)50(42(31)53)28-16-14-24(15-17-28)41-49-35-12-5-6-13-36(35)58-41)32(30)23-34-43(54)51(29-11-7-10-27(48)22-29)45(56)46(34,39)25-8-3-2-4-9-25/h2-18,20-22,31-32,34,38-39,52H,19,23H2,1H3. The van der Waals surface area contributed by atoms with Crippen LogP contribution >= 0.6 is 27.5 Å². The van der Waals surface area contributed by atoms with E-state index in [4.69, 9.17) is 20.8 Å². The molecule has 2 saturated heterocycles. The third-order valence-electron chi connectivity index (χ3n) is 12.4. The van der Waals surface area contributed by atoms with Crippen molar-refractivity contribution in [2.75, 3.05) is 16.9 Å². The molecule has 6 unspecified atom stereocenters. The van der Waals surface area contributed by atoms with Crippen LogP contribution in [0.3, 0.4) is 0 Å². The Bertz CT molecular complexity index is 2720. The summed E-state index contributed by atoms with van der Waals surface area (Å²) in [7, 11) is 1.44. The number of aromatic nitrogens is 1.